The van der Waals surface area contributed by atoms with Gasteiger partial charge in [-0.3, -0.25) is 4.79 Å². The zero-order valence-electron chi connectivity index (χ0n) is 12.1. The summed E-state index contributed by atoms with van der Waals surface area (Å²) >= 11 is 1.45. The summed E-state index contributed by atoms with van der Waals surface area (Å²) in [5.74, 6) is 0.663. The fourth-order valence-electron chi connectivity index (χ4n) is 2.57. The van der Waals surface area contributed by atoms with Crippen molar-refractivity contribution in [2.75, 3.05) is 19.9 Å². The van der Waals surface area contributed by atoms with Crippen LogP contribution in [0.25, 0.3) is 11.1 Å². The molecule has 1 heterocycles. The molecule has 21 heavy (non-hydrogen) atoms. The quantitative estimate of drug-likeness (QED) is 0.653. The van der Waals surface area contributed by atoms with Crippen LogP contribution in [0.5, 0.6) is 0 Å². The van der Waals surface area contributed by atoms with Gasteiger partial charge >= 0.3 is 5.97 Å². The van der Waals surface area contributed by atoms with E-state index >= 15 is 0 Å². The Hall–Kier alpha value is -1.53. The molecule has 6 heteroatoms. The van der Waals surface area contributed by atoms with Crippen molar-refractivity contribution in [2.45, 2.75) is 23.6 Å². The molecular weight excluding hydrogens is 288 g/mol. The van der Waals surface area contributed by atoms with Gasteiger partial charge in [0.2, 0.25) is 0 Å². The van der Waals surface area contributed by atoms with Crippen LogP contribution in [0.1, 0.15) is 12.8 Å². The molecule has 0 saturated heterocycles. The number of benzene rings is 1. The zero-order chi connectivity index (χ0) is 14.9. The molecule has 2 aromatic rings. The average molecular weight is 306 g/mol. The van der Waals surface area contributed by atoms with Gasteiger partial charge in [-0.15, -0.1) is 0 Å². The smallest absolute Gasteiger partial charge is 0.327 e. The molecule has 112 valence electrons. The number of para-hydroxylation sites is 2. The van der Waals surface area contributed by atoms with E-state index in [9.17, 15) is 4.79 Å². The van der Waals surface area contributed by atoms with Crippen LogP contribution in [0.3, 0.4) is 0 Å². The van der Waals surface area contributed by atoms with Gasteiger partial charge in [0.05, 0.1) is 7.11 Å². The monoisotopic (exact) mass is 306 g/mol. The number of likely N-dealkylation sites (N-methyl/N-ethyl adjacent to an activating group) is 1. The van der Waals surface area contributed by atoms with Crippen LogP contribution in [-0.4, -0.2) is 36.4 Å². The maximum absolute atomic E-state index is 12.2. The summed E-state index contributed by atoms with van der Waals surface area (Å²) in [6.45, 7) is 0. The number of hydrogen-bond donors (Lipinski definition) is 1. The second-order valence-corrected chi connectivity index (χ2v) is 6.15. The summed E-state index contributed by atoms with van der Waals surface area (Å²) in [4.78, 5) is 16.6. The number of nitrogens with zero attached hydrogens (tertiary/aromatic N) is 1. The first kappa shape index (κ1) is 14.4. The van der Waals surface area contributed by atoms with E-state index in [1.807, 2.05) is 31.3 Å². The van der Waals surface area contributed by atoms with E-state index in [-0.39, 0.29) is 5.97 Å². The summed E-state index contributed by atoms with van der Waals surface area (Å²) in [6, 6.07) is 7.64. The fourth-order valence-corrected chi connectivity index (χ4v) is 3.73. The van der Waals surface area contributed by atoms with Crippen molar-refractivity contribution < 1.29 is 13.9 Å². The third kappa shape index (κ3) is 2.65. The molecule has 3 rings (SSSR count). The molecule has 5 nitrogen and oxygen atoms in total. The van der Waals surface area contributed by atoms with Crippen LogP contribution in [0.15, 0.2) is 33.9 Å². The van der Waals surface area contributed by atoms with Gasteiger partial charge in [-0.2, -0.15) is 0 Å². The Morgan fingerprint density at radius 1 is 1.52 bits per heavy atom. The second-order valence-electron chi connectivity index (χ2n) is 5.22. The van der Waals surface area contributed by atoms with Crippen LogP contribution in [0.2, 0.25) is 0 Å². The highest BCUT2D eigenvalue weighted by atomic mass is 32.2. The normalized spacial score (nSPS) is 17.6. The van der Waals surface area contributed by atoms with Gasteiger partial charge in [-0.05, 0) is 37.9 Å². The number of hydrogen-bond acceptors (Lipinski definition) is 6. The summed E-state index contributed by atoms with van der Waals surface area (Å²) < 4.78 is 10.7. The summed E-state index contributed by atoms with van der Waals surface area (Å²) in [5, 5.41) is 3.75. The van der Waals surface area contributed by atoms with Crippen molar-refractivity contribution in [1.29, 1.82) is 0 Å². The Labute approximate surface area is 127 Å². The summed E-state index contributed by atoms with van der Waals surface area (Å²) in [6.07, 6.45) is 2.09. The number of thioether (sulfide) groups is 1. The van der Waals surface area contributed by atoms with Gasteiger partial charge in [-0.1, -0.05) is 23.9 Å². The maximum Gasteiger partial charge on any atom is 0.327 e. The molecule has 1 atom stereocenters. The minimum atomic E-state index is -0.653. The van der Waals surface area contributed by atoms with Gasteiger partial charge < -0.3 is 14.5 Å². The molecule has 0 amide bonds. The van der Waals surface area contributed by atoms with Gasteiger partial charge in [0.25, 0.3) is 5.22 Å². The van der Waals surface area contributed by atoms with Gasteiger partial charge in [0.15, 0.2) is 5.58 Å². The number of ether oxygens (including phenoxy) is 1. The van der Waals surface area contributed by atoms with E-state index in [1.165, 1.54) is 18.9 Å². The number of aromatic nitrogens is 1. The first-order chi connectivity index (χ1) is 10.2. The number of oxazole rings is 1. The lowest BCUT2D eigenvalue weighted by molar-refractivity contribution is -0.148. The predicted octanol–water partition coefficient (Wildman–Crippen LogP) is 2.46. The molecule has 1 saturated carbocycles. The first-order valence-corrected chi connectivity index (χ1v) is 7.94. The Morgan fingerprint density at radius 2 is 2.29 bits per heavy atom. The lowest BCUT2D eigenvalue weighted by Gasteiger charge is -2.29. The van der Waals surface area contributed by atoms with Gasteiger partial charge in [-0.25, -0.2) is 4.98 Å². The lowest BCUT2D eigenvalue weighted by atomic mass is 9.96. The van der Waals surface area contributed by atoms with Crippen molar-refractivity contribution in [3.63, 3.8) is 0 Å². The van der Waals surface area contributed by atoms with Crippen LogP contribution in [0.4, 0.5) is 0 Å². The van der Waals surface area contributed by atoms with Gasteiger partial charge in [0.1, 0.15) is 11.1 Å². The standard InChI is InChI=1S/C15H18N2O3S/c1-16-15(10-7-8-10,13(18)19-2)9-21-14-17-11-5-3-4-6-12(11)20-14/h3-6,10,16H,7-9H2,1-2H3. The molecule has 1 N–H and O–H groups in total. The topological polar surface area (TPSA) is 64.4 Å². The summed E-state index contributed by atoms with van der Waals surface area (Å²) in [7, 11) is 3.24. The maximum atomic E-state index is 12.2. The Balaban J connectivity index is 1.78. The van der Waals surface area contributed by atoms with Crippen molar-refractivity contribution in [1.82, 2.24) is 10.3 Å². The second kappa shape index (κ2) is 5.69. The van der Waals surface area contributed by atoms with E-state index in [2.05, 4.69) is 10.3 Å². The summed E-state index contributed by atoms with van der Waals surface area (Å²) in [5.41, 5.74) is 0.944. The number of nitrogens with one attached hydrogen (secondary N) is 1. The Bertz CT molecular complexity index is 620. The van der Waals surface area contributed by atoms with E-state index < -0.39 is 5.54 Å². The highest BCUT2D eigenvalue weighted by molar-refractivity contribution is 7.99. The minimum Gasteiger partial charge on any atom is -0.468 e. The predicted molar refractivity (Wildman–Crippen MR) is 81.3 cm³/mol. The Morgan fingerprint density at radius 3 is 2.90 bits per heavy atom. The largest absolute Gasteiger partial charge is 0.468 e. The highest BCUT2D eigenvalue weighted by Crippen LogP contribution is 2.43. The SMILES string of the molecule is CNC(CSc1nc2ccccc2o1)(C(=O)OC)C1CC1. The molecule has 0 bridgehead atoms. The van der Waals surface area contributed by atoms with E-state index in [1.54, 1.807) is 0 Å². The molecule has 1 aromatic carbocycles. The zero-order valence-corrected chi connectivity index (χ0v) is 12.9. The van der Waals surface area contributed by atoms with Crippen molar-refractivity contribution in [3.8, 4) is 0 Å². The number of carbonyl (C=O) groups excluding carboxylic acids is 1. The molecule has 0 radical (unpaired) electrons. The van der Waals surface area contributed by atoms with Crippen LogP contribution in [-0.2, 0) is 9.53 Å². The number of fused-ring (bicyclic) bond motifs is 1. The van der Waals surface area contributed by atoms with E-state index in [0.717, 1.165) is 23.9 Å². The molecule has 1 aromatic heterocycles. The first-order valence-electron chi connectivity index (χ1n) is 6.95. The van der Waals surface area contributed by atoms with Crippen molar-refractivity contribution in [3.05, 3.63) is 24.3 Å². The molecule has 1 aliphatic carbocycles. The third-order valence-electron chi connectivity index (χ3n) is 3.97. The molecule has 0 spiro atoms. The van der Waals surface area contributed by atoms with Crippen LogP contribution < -0.4 is 5.32 Å². The van der Waals surface area contributed by atoms with Crippen LogP contribution >= 0.6 is 11.8 Å². The lowest BCUT2D eigenvalue weighted by Crippen LogP contribution is -2.55. The minimum absolute atomic E-state index is 0.212. The molecule has 1 fully saturated rings. The Kier molecular flexibility index (Phi) is 3.91. The van der Waals surface area contributed by atoms with E-state index in [4.69, 9.17) is 9.15 Å². The van der Waals surface area contributed by atoms with Gasteiger partial charge in [0, 0.05) is 5.75 Å². The molecule has 1 unspecified atom stereocenters. The fraction of sp³-hybridized carbons (Fsp3) is 0.467. The van der Waals surface area contributed by atoms with E-state index in [0.29, 0.717) is 16.9 Å². The molecule has 1 aliphatic rings. The number of methoxy groups -OCH3 is 1. The average Bonchev–Trinajstić information content (AvgIpc) is 3.27. The number of carbonyl (C=O) groups is 1. The van der Waals surface area contributed by atoms with Crippen LogP contribution in [0, 0.1) is 5.92 Å². The number of rotatable bonds is 6. The molecular formula is C15H18N2O3S. The van der Waals surface area contributed by atoms with Crippen molar-refractivity contribution >= 4 is 28.8 Å². The van der Waals surface area contributed by atoms with Crippen molar-refractivity contribution in [2.24, 2.45) is 5.92 Å². The molecule has 0 aliphatic heterocycles. The third-order valence-corrected chi connectivity index (χ3v) is 4.99. The highest BCUT2D eigenvalue weighted by Gasteiger charge is 2.51. The number of esters is 1.